The summed E-state index contributed by atoms with van der Waals surface area (Å²) in [5.74, 6) is 0.351. The van der Waals surface area contributed by atoms with Crippen molar-refractivity contribution < 1.29 is 5.11 Å². The van der Waals surface area contributed by atoms with E-state index in [4.69, 9.17) is 0 Å². The van der Waals surface area contributed by atoms with E-state index in [1.807, 2.05) is 0 Å². The van der Waals surface area contributed by atoms with Crippen LogP contribution >= 0.6 is 0 Å². The monoisotopic (exact) mass is 173 g/mol. The number of hydrogen-bond acceptors (Lipinski definition) is 2. The number of aliphatic hydroxyl groups is 1. The highest BCUT2D eigenvalue weighted by Gasteiger charge is 2.13. The van der Waals surface area contributed by atoms with Crippen molar-refractivity contribution in [1.82, 2.24) is 5.32 Å². The van der Waals surface area contributed by atoms with Gasteiger partial charge in [0.05, 0.1) is 0 Å². The summed E-state index contributed by atoms with van der Waals surface area (Å²) in [6, 6.07) is 0.430. The van der Waals surface area contributed by atoms with Crippen LogP contribution in [0.2, 0.25) is 0 Å². The number of rotatable bonds is 6. The van der Waals surface area contributed by atoms with Crippen LogP contribution in [0.4, 0.5) is 0 Å². The van der Waals surface area contributed by atoms with E-state index in [1.165, 1.54) is 6.42 Å². The van der Waals surface area contributed by atoms with Gasteiger partial charge in [0.2, 0.25) is 0 Å². The summed E-state index contributed by atoms with van der Waals surface area (Å²) in [7, 11) is 0. The van der Waals surface area contributed by atoms with Gasteiger partial charge in [-0.1, -0.05) is 27.2 Å². The van der Waals surface area contributed by atoms with Crippen molar-refractivity contribution in [2.75, 3.05) is 0 Å². The van der Waals surface area contributed by atoms with E-state index in [0.29, 0.717) is 12.0 Å². The van der Waals surface area contributed by atoms with Gasteiger partial charge in [0.15, 0.2) is 0 Å². The lowest BCUT2D eigenvalue weighted by atomic mass is 10.1. The standard InChI is InChI=1S/C10H23NO/c1-5-7-9(4)11-10(12)8(3)6-2/h8-12H,5-7H2,1-4H3. The maximum Gasteiger partial charge on any atom is 0.107 e. The zero-order chi connectivity index (χ0) is 9.56. The molecule has 3 atom stereocenters. The second-order valence-electron chi connectivity index (χ2n) is 3.69. The second kappa shape index (κ2) is 6.44. The smallest absolute Gasteiger partial charge is 0.107 e. The first-order chi connectivity index (χ1) is 5.61. The first-order valence-electron chi connectivity index (χ1n) is 5.05. The molecule has 0 saturated carbocycles. The molecular weight excluding hydrogens is 150 g/mol. The third-order valence-corrected chi connectivity index (χ3v) is 2.36. The van der Waals surface area contributed by atoms with Gasteiger partial charge in [-0.15, -0.1) is 0 Å². The number of nitrogens with one attached hydrogen (secondary N) is 1. The van der Waals surface area contributed by atoms with Crippen LogP contribution in [0.5, 0.6) is 0 Å². The molecule has 0 aliphatic carbocycles. The third-order valence-electron chi connectivity index (χ3n) is 2.36. The SMILES string of the molecule is CCCC(C)NC(O)C(C)CC. The van der Waals surface area contributed by atoms with Gasteiger partial charge < -0.3 is 5.11 Å². The van der Waals surface area contributed by atoms with E-state index in [2.05, 4.69) is 33.0 Å². The first kappa shape index (κ1) is 11.9. The van der Waals surface area contributed by atoms with Crippen molar-refractivity contribution >= 4 is 0 Å². The van der Waals surface area contributed by atoms with Crippen molar-refractivity contribution in [3.05, 3.63) is 0 Å². The average molecular weight is 173 g/mol. The molecule has 0 aliphatic heterocycles. The lowest BCUT2D eigenvalue weighted by molar-refractivity contribution is 0.0693. The van der Waals surface area contributed by atoms with Crippen LogP contribution in [0, 0.1) is 5.92 Å². The molecule has 0 aromatic heterocycles. The van der Waals surface area contributed by atoms with E-state index < -0.39 is 0 Å². The summed E-state index contributed by atoms with van der Waals surface area (Å²) >= 11 is 0. The zero-order valence-electron chi connectivity index (χ0n) is 8.80. The van der Waals surface area contributed by atoms with Gasteiger partial charge in [-0.25, -0.2) is 0 Å². The van der Waals surface area contributed by atoms with E-state index in [0.717, 1.165) is 12.8 Å². The Balaban J connectivity index is 3.59. The van der Waals surface area contributed by atoms with Crippen LogP contribution in [0.1, 0.15) is 47.0 Å². The van der Waals surface area contributed by atoms with Gasteiger partial charge in [0.25, 0.3) is 0 Å². The summed E-state index contributed by atoms with van der Waals surface area (Å²) in [6.07, 6.45) is 2.98. The fourth-order valence-corrected chi connectivity index (χ4v) is 1.20. The predicted octanol–water partition coefficient (Wildman–Crippen LogP) is 2.13. The van der Waals surface area contributed by atoms with E-state index in [-0.39, 0.29) is 6.23 Å². The van der Waals surface area contributed by atoms with Crippen molar-refractivity contribution in [3.63, 3.8) is 0 Å². The Labute approximate surface area is 76.4 Å². The van der Waals surface area contributed by atoms with Gasteiger partial charge in [0.1, 0.15) is 6.23 Å². The van der Waals surface area contributed by atoms with Crippen LogP contribution in [-0.2, 0) is 0 Å². The molecule has 0 bridgehead atoms. The van der Waals surface area contributed by atoms with E-state index >= 15 is 0 Å². The number of hydrogen-bond donors (Lipinski definition) is 2. The van der Waals surface area contributed by atoms with Crippen molar-refractivity contribution in [3.8, 4) is 0 Å². The lowest BCUT2D eigenvalue weighted by Gasteiger charge is -2.22. The molecule has 0 radical (unpaired) electrons. The Morgan fingerprint density at radius 1 is 1.25 bits per heavy atom. The molecule has 0 spiro atoms. The van der Waals surface area contributed by atoms with Crippen LogP contribution in [0.15, 0.2) is 0 Å². The Morgan fingerprint density at radius 2 is 1.83 bits per heavy atom. The minimum absolute atomic E-state index is 0.337. The fraction of sp³-hybridized carbons (Fsp3) is 1.00. The molecule has 2 nitrogen and oxygen atoms in total. The quantitative estimate of drug-likeness (QED) is 0.603. The highest BCUT2D eigenvalue weighted by molar-refractivity contribution is 4.66. The molecule has 0 saturated heterocycles. The molecule has 2 N–H and O–H groups in total. The molecule has 0 fully saturated rings. The van der Waals surface area contributed by atoms with Crippen LogP contribution in [-0.4, -0.2) is 17.4 Å². The van der Waals surface area contributed by atoms with Gasteiger partial charge >= 0.3 is 0 Å². The minimum atomic E-state index is -0.337. The van der Waals surface area contributed by atoms with Crippen LogP contribution in [0.3, 0.4) is 0 Å². The Morgan fingerprint density at radius 3 is 2.25 bits per heavy atom. The van der Waals surface area contributed by atoms with Gasteiger partial charge in [-0.2, -0.15) is 0 Å². The number of aliphatic hydroxyl groups excluding tert-OH is 1. The van der Waals surface area contributed by atoms with E-state index in [9.17, 15) is 5.11 Å². The third kappa shape index (κ3) is 4.73. The Hall–Kier alpha value is -0.0800. The maximum atomic E-state index is 9.60. The van der Waals surface area contributed by atoms with Crippen molar-refractivity contribution in [2.24, 2.45) is 5.92 Å². The topological polar surface area (TPSA) is 32.3 Å². The van der Waals surface area contributed by atoms with Crippen LogP contribution in [0.25, 0.3) is 0 Å². The van der Waals surface area contributed by atoms with Gasteiger partial charge in [-0.05, 0) is 25.7 Å². The van der Waals surface area contributed by atoms with E-state index in [1.54, 1.807) is 0 Å². The summed E-state index contributed by atoms with van der Waals surface area (Å²) in [5, 5.41) is 12.8. The van der Waals surface area contributed by atoms with Crippen molar-refractivity contribution in [1.29, 1.82) is 0 Å². The summed E-state index contributed by atoms with van der Waals surface area (Å²) in [5.41, 5.74) is 0. The minimum Gasteiger partial charge on any atom is -0.378 e. The summed E-state index contributed by atoms with van der Waals surface area (Å²) in [6.45, 7) is 8.44. The van der Waals surface area contributed by atoms with Crippen LogP contribution < -0.4 is 5.32 Å². The average Bonchev–Trinajstić information content (AvgIpc) is 2.03. The molecule has 0 amide bonds. The molecule has 74 valence electrons. The normalized spacial score (nSPS) is 18.8. The molecule has 3 unspecified atom stereocenters. The van der Waals surface area contributed by atoms with Gasteiger partial charge in [0, 0.05) is 6.04 Å². The molecule has 12 heavy (non-hydrogen) atoms. The Kier molecular flexibility index (Phi) is 6.39. The summed E-state index contributed by atoms with van der Waals surface area (Å²) in [4.78, 5) is 0. The maximum absolute atomic E-state index is 9.60. The molecule has 0 aromatic rings. The molecular formula is C10H23NO. The molecule has 0 heterocycles. The zero-order valence-corrected chi connectivity index (χ0v) is 8.80. The van der Waals surface area contributed by atoms with Crippen molar-refractivity contribution in [2.45, 2.75) is 59.2 Å². The Bertz CT molecular complexity index is 106. The van der Waals surface area contributed by atoms with Gasteiger partial charge in [-0.3, -0.25) is 5.32 Å². The molecule has 2 heteroatoms. The lowest BCUT2D eigenvalue weighted by Crippen LogP contribution is -2.40. The molecule has 0 aromatic carbocycles. The molecule has 0 aliphatic rings. The largest absolute Gasteiger partial charge is 0.378 e. The summed E-state index contributed by atoms with van der Waals surface area (Å²) < 4.78 is 0. The predicted molar refractivity (Wildman–Crippen MR) is 53.0 cm³/mol. The fourth-order valence-electron chi connectivity index (χ4n) is 1.20. The first-order valence-corrected chi connectivity index (χ1v) is 5.05. The molecule has 0 rings (SSSR count). The highest BCUT2D eigenvalue weighted by Crippen LogP contribution is 2.06. The highest BCUT2D eigenvalue weighted by atomic mass is 16.3. The second-order valence-corrected chi connectivity index (χ2v) is 3.69.